The predicted octanol–water partition coefficient (Wildman–Crippen LogP) is 5.75. The summed E-state index contributed by atoms with van der Waals surface area (Å²) in [5.74, 6) is -0.110. The van der Waals surface area contributed by atoms with Gasteiger partial charge in [0.05, 0.1) is 8.61 Å². The van der Waals surface area contributed by atoms with E-state index < -0.39 is 0 Å². The van der Waals surface area contributed by atoms with Gasteiger partial charge in [-0.3, -0.25) is 0 Å². The smallest absolute Gasteiger partial charge is 0.129 e. The van der Waals surface area contributed by atoms with Crippen molar-refractivity contribution in [1.29, 1.82) is 0 Å². The molecule has 4 heteroatoms. The molecule has 1 atom stereocenters. The molecule has 2 aromatic rings. The summed E-state index contributed by atoms with van der Waals surface area (Å²) in [4.78, 5) is 1.33. The van der Waals surface area contributed by atoms with Gasteiger partial charge in [0.1, 0.15) is 5.82 Å². The number of halogens is 3. The van der Waals surface area contributed by atoms with Crippen LogP contribution in [-0.4, -0.2) is 0 Å². The summed E-state index contributed by atoms with van der Waals surface area (Å²) in [5, 5.41) is 0. The Balaban J connectivity index is 2.41. The number of alkyl halides is 1. The molecule has 90 valence electrons. The molecule has 0 nitrogen and oxygen atoms in total. The van der Waals surface area contributed by atoms with E-state index in [1.807, 2.05) is 18.2 Å². The van der Waals surface area contributed by atoms with Crippen molar-refractivity contribution in [2.75, 3.05) is 0 Å². The monoisotopic (exact) mass is 376 g/mol. The summed E-state index contributed by atoms with van der Waals surface area (Å²) < 4.78 is 14.7. The van der Waals surface area contributed by atoms with Crippen LogP contribution in [0, 0.1) is 19.7 Å². The molecule has 1 unspecified atom stereocenters. The zero-order chi connectivity index (χ0) is 12.6. The Kier molecular flexibility index (Phi) is 4.06. The number of hydrogen-bond acceptors (Lipinski definition) is 1. The third kappa shape index (κ3) is 2.80. The fraction of sp³-hybridized carbons (Fsp3) is 0.231. The highest BCUT2D eigenvalue weighted by atomic mass is 79.9. The second kappa shape index (κ2) is 5.21. The molecule has 0 radical (unpaired) electrons. The SMILES string of the molecule is Cc1cc(C(Br)c2ccc(Br)s2)cc(C)c1F. The van der Waals surface area contributed by atoms with E-state index in [2.05, 4.69) is 37.9 Å². The third-order valence-electron chi connectivity index (χ3n) is 2.60. The fourth-order valence-corrected chi connectivity index (χ4v) is 3.88. The van der Waals surface area contributed by atoms with Gasteiger partial charge in [-0.05, 0) is 58.6 Å². The summed E-state index contributed by atoms with van der Waals surface area (Å²) in [5.41, 5.74) is 2.48. The lowest BCUT2D eigenvalue weighted by atomic mass is 10.0. The van der Waals surface area contributed by atoms with Crippen LogP contribution >= 0.6 is 43.2 Å². The van der Waals surface area contributed by atoms with Gasteiger partial charge < -0.3 is 0 Å². The molecule has 0 aliphatic carbocycles. The summed E-state index contributed by atoms with van der Waals surface area (Å²) >= 11 is 8.80. The maximum atomic E-state index is 13.6. The quantitative estimate of drug-likeness (QED) is 0.584. The van der Waals surface area contributed by atoms with Gasteiger partial charge in [-0.15, -0.1) is 11.3 Å². The Hall–Kier alpha value is -0.190. The molecule has 1 aromatic heterocycles. The van der Waals surface area contributed by atoms with Crippen LogP contribution in [0.4, 0.5) is 4.39 Å². The maximum absolute atomic E-state index is 13.6. The van der Waals surface area contributed by atoms with Gasteiger partial charge in [0.25, 0.3) is 0 Å². The molecule has 2 rings (SSSR count). The average Bonchev–Trinajstić information content (AvgIpc) is 2.71. The molecule has 0 saturated heterocycles. The lowest BCUT2D eigenvalue weighted by Gasteiger charge is -2.11. The van der Waals surface area contributed by atoms with Crippen LogP contribution < -0.4 is 0 Å². The summed E-state index contributed by atoms with van der Waals surface area (Å²) in [6.07, 6.45) is 0. The highest BCUT2D eigenvalue weighted by Crippen LogP contribution is 2.37. The molecule has 0 spiro atoms. The average molecular weight is 378 g/mol. The Morgan fingerprint density at radius 1 is 1.18 bits per heavy atom. The Labute approximate surface area is 121 Å². The van der Waals surface area contributed by atoms with E-state index >= 15 is 0 Å². The minimum absolute atomic E-state index is 0.110. The van der Waals surface area contributed by atoms with Crippen LogP contribution in [0.5, 0.6) is 0 Å². The summed E-state index contributed by atoms with van der Waals surface area (Å²) in [6, 6.07) is 7.89. The van der Waals surface area contributed by atoms with E-state index in [0.29, 0.717) is 11.1 Å². The van der Waals surface area contributed by atoms with E-state index in [1.54, 1.807) is 25.2 Å². The third-order valence-corrected chi connectivity index (χ3v) is 5.61. The highest BCUT2D eigenvalue weighted by molar-refractivity contribution is 9.11. The molecule has 0 aliphatic rings. The first-order valence-corrected chi connectivity index (χ1v) is 7.67. The molecule has 0 N–H and O–H groups in total. The van der Waals surface area contributed by atoms with E-state index in [4.69, 9.17) is 0 Å². The maximum Gasteiger partial charge on any atom is 0.129 e. The van der Waals surface area contributed by atoms with Crippen molar-refractivity contribution in [3.8, 4) is 0 Å². The lowest BCUT2D eigenvalue weighted by Crippen LogP contribution is -1.95. The van der Waals surface area contributed by atoms with Crippen LogP contribution in [0.3, 0.4) is 0 Å². The van der Waals surface area contributed by atoms with Crippen LogP contribution in [0.25, 0.3) is 0 Å². The molecule has 0 fully saturated rings. The van der Waals surface area contributed by atoms with Gasteiger partial charge in [0.2, 0.25) is 0 Å². The number of thiophene rings is 1. The van der Waals surface area contributed by atoms with E-state index in [0.717, 1.165) is 9.35 Å². The second-order valence-electron chi connectivity index (χ2n) is 3.97. The number of hydrogen-bond donors (Lipinski definition) is 0. The summed E-state index contributed by atoms with van der Waals surface area (Å²) in [6.45, 7) is 3.60. The van der Waals surface area contributed by atoms with E-state index in [9.17, 15) is 4.39 Å². The molecular formula is C13H11Br2FS. The first kappa shape index (κ1) is 13.2. The second-order valence-corrected chi connectivity index (χ2v) is 7.38. The number of benzene rings is 1. The highest BCUT2D eigenvalue weighted by Gasteiger charge is 2.15. The van der Waals surface area contributed by atoms with Crippen molar-refractivity contribution >= 4 is 43.2 Å². The van der Waals surface area contributed by atoms with Gasteiger partial charge in [-0.25, -0.2) is 4.39 Å². The molecule has 1 aromatic carbocycles. The van der Waals surface area contributed by atoms with Gasteiger partial charge in [0.15, 0.2) is 0 Å². The van der Waals surface area contributed by atoms with Gasteiger partial charge in [-0.1, -0.05) is 28.1 Å². The molecule has 0 aliphatic heterocycles. The van der Waals surface area contributed by atoms with E-state index in [1.165, 1.54) is 4.88 Å². The van der Waals surface area contributed by atoms with Crippen molar-refractivity contribution in [2.24, 2.45) is 0 Å². The number of aryl methyl sites for hydroxylation is 2. The topological polar surface area (TPSA) is 0 Å². The Bertz CT molecular complexity index is 525. The molecule has 0 saturated carbocycles. The molecule has 17 heavy (non-hydrogen) atoms. The van der Waals surface area contributed by atoms with Crippen LogP contribution in [-0.2, 0) is 0 Å². The van der Waals surface area contributed by atoms with Gasteiger partial charge in [0, 0.05) is 4.88 Å². The van der Waals surface area contributed by atoms with E-state index in [-0.39, 0.29) is 10.6 Å². The standard InChI is InChI=1S/C13H11Br2FS/c1-7-5-9(6-8(2)13(7)16)12(15)10-3-4-11(14)17-10/h3-6,12H,1-2H3. The van der Waals surface area contributed by atoms with Crippen LogP contribution in [0.15, 0.2) is 28.1 Å². The van der Waals surface area contributed by atoms with Crippen molar-refractivity contribution in [2.45, 2.75) is 18.7 Å². The van der Waals surface area contributed by atoms with Crippen LogP contribution in [0.1, 0.15) is 26.4 Å². The van der Waals surface area contributed by atoms with Crippen molar-refractivity contribution in [3.63, 3.8) is 0 Å². The zero-order valence-corrected chi connectivity index (χ0v) is 13.4. The first-order valence-electron chi connectivity index (χ1n) is 5.15. The molecular weight excluding hydrogens is 367 g/mol. The summed E-state index contributed by atoms with van der Waals surface area (Å²) in [7, 11) is 0. The lowest BCUT2D eigenvalue weighted by molar-refractivity contribution is 0.608. The normalized spacial score (nSPS) is 12.8. The first-order chi connectivity index (χ1) is 7.99. The molecule has 1 heterocycles. The van der Waals surface area contributed by atoms with Crippen molar-refractivity contribution < 1.29 is 4.39 Å². The van der Waals surface area contributed by atoms with Crippen molar-refractivity contribution in [1.82, 2.24) is 0 Å². The van der Waals surface area contributed by atoms with Gasteiger partial charge in [-0.2, -0.15) is 0 Å². The Morgan fingerprint density at radius 3 is 2.24 bits per heavy atom. The minimum Gasteiger partial charge on any atom is -0.206 e. The minimum atomic E-state index is -0.110. The predicted molar refractivity (Wildman–Crippen MR) is 78.7 cm³/mol. The zero-order valence-electron chi connectivity index (χ0n) is 9.43. The molecule has 0 bridgehead atoms. The van der Waals surface area contributed by atoms with Crippen LogP contribution in [0.2, 0.25) is 0 Å². The molecule has 0 amide bonds. The van der Waals surface area contributed by atoms with Gasteiger partial charge >= 0.3 is 0 Å². The number of rotatable bonds is 2. The Morgan fingerprint density at radius 2 is 1.76 bits per heavy atom. The largest absolute Gasteiger partial charge is 0.206 e. The fourth-order valence-electron chi connectivity index (χ4n) is 1.75. The van der Waals surface area contributed by atoms with Crippen molar-refractivity contribution in [3.05, 3.63) is 55.4 Å².